The Morgan fingerprint density at radius 2 is 1.67 bits per heavy atom. The van der Waals surface area contributed by atoms with Crippen LogP contribution < -0.4 is 21.4 Å². The number of hydrogen-bond donors (Lipinski definition) is 4. The van der Waals surface area contributed by atoms with E-state index in [-0.39, 0.29) is 12.1 Å². The van der Waals surface area contributed by atoms with Crippen molar-refractivity contribution in [2.24, 2.45) is 5.10 Å². The van der Waals surface area contributed by atoms with E-state index in [1.54, 1.807) is 0 Å². The standard InChI is InChI=1S/C17H17N5OS/c1-11-15(21-22-16(23)18-11)12-7-9-14(10-8-12)20-17(24)19-13-5-3-2-4-6-13/h2-11H,1H3,(H2,18,22,23)(H2,19,20,24). The van der Waals surface area contributed by atoms with Crippen LogP contribution in [0, 0.1) is 0 Å². The van der Waals surface area contributed by atoms with Crippen LogP contribution in [0.1, 0.15) is 12.5 Å². The van der Waals surface area contributed by atoms with E-state index in [2.05, 4.69) is 26.5 Å². The Bertz CT molecular complexity index is 773. The second kappa shape index (κ2) is 7.10. The van der Waals surface area contributed by atoms with E-state index in [9.17, 15) is 4.79 Å². The molecule has 0 saturated heterocycles. The van der Waals surface area contributed by atoms with Crippen LogP contribution in [0.25, 0.3) is 0 Å². The molecule has 0 spiro atoms. The second-order valence-corrected chi connectivity index (χ2v) is 5.73. The molecule has 1 aliphatic heterocycles. The molecule has 0 saturated carbocycles. The van der Waals surface area contributed by atoms with Crippen molar-refractivity contribution in [3.05, 3.63) is 60.2 Å². The highest BCUT2D eigenvalue weighted by atomic mass is 32.1. The SMILES string of the molecule is CC1NC(=O)NN=C1c1ccc(NC(=S)Nc2ccccc2)cc1. The number of benzene rings is 2. The first-order valence-electron chi connectivity index (χ1n) is 7.49. The normalized spacial score (nSPS) is 16.5. The Labute approximate surface area is 145 Å². The first-order chi connectivity index (χ1) is 11.6. The average molecular weight is 339 g/mol. The third-order valence-corrected chi connectivity index (χ3v) is 3.71. The molecule has 2 amide bonds. The van der Waals surface area contributed by atoms with E-state index in [4.69, 9.17) is 12.2 Å². The molecule has 1 atom stereocenters. The zero-order valence-electron chi connectivity index (χ0n) is 13.0. The van der Waals surface area contributed by atoms with Gasteiger partial charge in [-0.2, -0.15) is 5.10 Å². The molecule has 3 rings (SSSR count). The van der Waals surface area contributed by atoms with Crippen molar-refractivity contribution in [3.8, 4) is 0 Å². The molecule has 24 heavy (non-hydrogen) atoms. The Hall–Kier alpha value is -2.93. The summed E-state index contributed by atoms with van der Waals surface area (Å²) >= 11 is 5.30. The molecule has 0 aromatic heterocycles. The Kier molecular flexibility index (Phi) is 4.72. The zero-order valence-corrected chi connectivity index (χ0v) is 13.9. The first kappa shape index (κ1) is 15.9. The van der Waals surface area contributed by atoms with Gasteiger partial charge in [0, 0.05) is 16.9 Å². The van der Waals surface area contributed by atoms with Crippen LogP contribution in [-0.4, -0.2) is 22.9 Å². The minimum absolute atomic E-state index is 0.140. The highest BCUT2D eigenvalue weighted by Crippen LogP contribution is 2.14. The maximum absolute atomic E-state index is 11.2. The molecular formula is C17H17N5OS. The van der Waals surface area contributed by atoms with Gasteiger partial charge in [-0.15, -0.1) is 0 Å². The van der Waals surface area contributed by atoms with E-state index < -0.39 is 0 Å². The molecule has 1 unspecified atom stereocenters. The molecule has 122 valence electrons. The minimum atomic E-state index is -0.290. The van der Waals surface area contributed by atoms with Gasteiger partial charge in [-0.3, -0.25) is 0 Å². The van der Waals surface area contributed by atoms with Gasteiger partial charge in [0.1, 0.15) is 0 Å². The van der Waals surface area contributed by atoms with Gasteiger partial charge in [-0.05, 0) is 43.4 Å². The van der Waals surface area contributed by atoms with Gasteiger partial charge in [0.25, 0.3) is 0 Å². The number of nitrogens with one attached hydrogen (secondary N) is 4. The predicted molar refractivity (Wildman–Crippen MR) is 100 cm³/mol. The number of carbonyl (C=O) groups excluding carboxylic acids is 1. The largest absolute Gasteiger partial charge is 0.335 e. The van der Waals surface area contributed by atoms with Crippen molar-refractivity contribution in [2.45, 2.75) is 13.0 Å². The van der Waals surface area contributed by atoms with Crippen LogP contribution in [0.2, 0.25) is 0 Å². The third kappa shape index (κ3) is 3.88. The van der Waals surface area contributed by atoms with Crippen molar-refractivity contribution in [1.82, 2.24) is 10.7 Å². The van der Waals surface area contributed by atoms with E-state index in [0.717, 1.165) is 22.6 Å². The molecule has 0 aliphatic carbocycles. The van der Waals surface area contributed by atoms with Gasteiger partial charge >= 0.3 is 6.03 Å². The lowest BCUT2D eigenvalue weighted by Crippen LogP contribution is -2.48. The lowest BCUT2D eigenvalue weighted by atomic mass is 10.0. The average Bonchev–Trinajstić information content (AvgIpc) is 2.57. The first-order valence-corrected chi connectivity index (χ1v) is 7.90. The number of amides is 2. The van der Waals surface area contributed by atoms with Gasteiger partial charge in [0.05, 0.1) is 11.8 Å². The molecule has 2 aromatic carbocycles. The number of carbonyl (C=O) groups is 1. The molecule has 0 radical (unpaired) electrons. The fraction of sp³-hybridized carbons (Fsp3) is 0.118. The van der Waals surface area contributed by atoms with Crippen LogP contribution in [0.4, 0.5) is 16.2 Å². The molecular weight excluding hydrogens is 322 g/mol. The summed E-state index contributed by atoms with van der Waals surface area (Å²) < 4.78 is 0. The van der Waals surface area contributed by atoms with Crippen LogP contribution >= 0.6 is 12.2 Å². The van der Waals surface area contributed by atoms with Crippen LogP contribution in [0.5, 0.6) is 0 Å². The highest BCUT2D eigenvalue weighted by molar-refractivity contribution is 7.80. The number of urea groups is 1. The summed E-state index contributed by atoms with van der Waals surface area (Å²) in [5.74, 6) is 0. The number of hydrogen-bond acceptors (Lipinski definition) is 3. The number of rotatable bonds is 3. The van der Waals surface area contributed by atoms with Crippen molar-refractivity contribution >= 4 is 40.4 Å². The third-order valence-electron chi connectivity index (χ3n) is 3.51. The van der Waals surface area contributed by atoms with Crippen molar-refractivity contribution in [3.63, 3.8) is 0 Å². The molecule has 2 aromatic rings. The Balaban J connectivity index is 1.64. The molecule has 6 nitrogen and oxygen atoms in total. The second-order valence-electron chi connectivity index (χ2n) is 5.33. The van der Waals surface area contributed by atoms with E-state index in [0.29, 0.717) is 5.11 Å². The minimum Gasteiger partial charge on any atom is -0.332 e. The predicted octanol–water partition coefficient (Wildman–Crippen LogP) is 2.90. The van der Waals surface area contributed by atoms with E-state index in [1.165, 1.54) is 0 Å². The van der Waals surface area contributed by atoms with Gasteiger partial charge in [-0.25, -0.2) is 10.2 Å². The smallest absolute Gasteiger partial charge is 0.332 e. The molecule has 0 bridgehead atoms. The fourth-order valence-corrected chi connectivity index (χ4v) is 2.59. The van der Waals surface area contributed by atoms with Gasteiger partial charge in [0.2, 0.25) is 0 Å². The summed E-state index contributed by atoms with van der Waals surface area (Å²) in [4.78, 5) is 11.2. The zero-order chi connectivity index (χ0) is 16.9. The number of thiocarbonyl (C=S) groups is 1. The van der Waals surface area contributed by atoms with E-state index in [1.807, 2.05) is 61.5 Å². The summed E-state index contributed by atoms with van der Waals surface area (Å²) in [5.41, 5.74) is 5.94. The summed E-state index contributed by atoms with van der Waals surface area (Å²) in [6.45, 7) is 1.89. The Morgan fingerprint density at radius 3 is 2.29 bits per heavy atom. The molecule has 7 heteroatoms. The quantitative estimate of drug-likeness (QED) is 0.649. The lowest BCUT2D eigenvalue weighted by Gasteiger charge is -2.21. The lowest BCUT2D eigenvalue weighted by molar-refractivity contribution is 0.239. The van der Waals surface area contributed by atoms with Crippen LogP contribution in [0.3, 0.4) is 0 Å². The number of hydrazone groups is 1. The summed E-state index contributed by atoms with van der Waals surface area (Å²) in [7, 11) is 0. The molecule has 0 fully saturated rings. The van der Waals surface area contributed by atoms with Gasteiger partial charge < -0.3 is 16.0 Å². The fourth-order valence-electron chi connectivity index (χ4n) is 2.36. The summed E-state index contributed by atoms with van der Waals surface area (Å²) in [6, 6.07) is 17.0. The van der Waals surface area contributed by atoms with Crippen LogP contribution in [-0.2, 0) is 0 Å². The number of anilines is 2. The van der Waals surface area contributed by atoms with Crippen molar-refractivity contribution in [1.29, 1.82) is 0 Å². The summed E-state index contributed by atoms with van der Waals surface area (Å²) in [5, 5.41) is 13.7. The monoisotopic (exact) mass is 339 g/mol. The van der Waals surface area contributed by atoms with Gasteiger partial charge in [0.15, 0.2) is 5.11 Å². The van der Waals surface area contributed by atoms with Crippen LogP contribution in [0.15, 0.2) is 59.7 Å². The molecule has 1 heterocycles. The van der Waals surface area contributed by atoms with Crippen molar-refractivity contribution < 1.29 is 4.79 Å². The molecule has 1 aliphatic rings. The maximum Gasteiger partial charge on any atom is 0.335 e. The number of nitrogens with zero attached hydrogens (tertiary/aromatic N) is 1. The maximum atomic E-state index is 11.2. The van der Waals surface area contributed by atoms with Crippen molar-refractivity contribution in [2.75, 3.05) is 10.6 Å². The Morgan fingerprint density at radius 1 is 1.04 bits per heavy atom. The summed E-state index contributed by atoms with van der Waals surface area (Å²) in [6.07, 6.45) is 0. The number of para-hydroxylation sites is 1. The topological polar surface area (TPSA) is 77.5 Å². The molecule has 4 N–H and O–H groups in total. The van der Waals surface area contributed by atoms with Gasteiger partial charge in [-0.1, -0.05) is 30.3 Å². The highest BCUT2D eigenvalue weighted by Gasteiger charge is 2.20. The van der Waals surface area contributed by atoms with E-state index >= 15 is 0 Å².